The van der Waals surface area contributed by atoms with Crippen LogP contribution in [0.25, 0.3) is 6.08 Å². The highest BCUT2D eigenvalue weighted by Gasteiger charge is 2.39. The zero-order valence-electron chi connectivity index (χ0n) is 19.0. The number of rotatable bonds is 5. The summed E-state index contributed by atoms with van der Waals surface area (Å²) in [5, 5.41) is 1.93. The number of urea groups is 1. The molecule has 1 fully saturated rings. The first-order valence-electron chi connectivity index (χ1n) is 10.7. The van der Waals surface area contributed by atoms with Gasteiger partial charge in [0.25, 0.3) is 11.8 Å². The molecule has 3 aromatic carbocycles. The van der Waals surface area contributed by atoms with Crippen molar-refractivity contribution in [2.24, 2.45) is 0 Å². The average Bonchev–Trinajstić information content (AvgIpc) is 2.81. The van der Waals surface area contributed by atoms with E-state index in [-0.39, 0.29) is 28.0 Å². The summed E-state index contributed by atoms with van der Waals surface area (Å²) in [5.74, 6) is -1.93. The van der Waals surface area contributed by atoms with E-state index in [1.54, 1.807) is 12.1 Å². The molecule has 3 aromatic rings. The molecule has 11 heteroatoms. The summed E-state index contributed by atoms with van der Waals surface area (Å²) in [4.78, 5) is 38.7. The number of halogens is 5. The highest BCUT2D eigenvalue weighted by molar-refractivity contribution is 6.42. The quantitative estimate of drug-likeness (QED) is 0.289. The number of carbonyl (C=O) groups excluding carboxylic acids is 3. The first-order chi connectivity index (χ1) is 17.4. The van der Waals surface area contributed by atoms with Crippen molar-refractivity contribution >= 4 is 52.8 Å². The van der Waals surface area contributed by atoms with Crippen LogP contribution < -0.4 is 15.0 Å². The van der Waals surface area contributed by atoms with Gasteiger partial charge in [-0.2, -0.15) is 13.2 Å². The normalized spacial score (nSPS) is 15.2. The summed E-state index contributed by atoms with van der Waals surface area (Å²) in [6.07, 6.45) is -3.61. The monoisotopic (exact) mass is 548 g/mol. The second-order valence-electron chi connectivity index (χ2n) is 8.08. The van der Waals surface area contributed by atoms with E-state index in [1.165, 1.54) is 6.07 Å². The summed E-state index contributed by atoms with van der Waals surface area (Å²) >= 11 is 12.1. The number of amides is 4. The molecule has 1 saturated heterocycles. The molecular formula is C26H17Cl2F3N2O4. The fourth-order valence-corrected chi connectivity index (χ4v) is 4.00. The highest BCUT2D eigenvalue weighted by atomic mass is 35.5. The number of nitrogens with zero attached hydrogens (tertiary/aromatic N) is 1. The average molecular weight is 549 g/mol. The number of anilines is 1. The van der Waals surface area contributed by atoms with Crippen molar-refractivity contribution in [1.82, 2.24) is 5.32 Å². The number of barbiturate groups is 1. The molecule has 37 heavy (non-hydrogen) atoms. The summed E-state index contributed by atoms with van der Waals surface area (Å²) in [7, 11) is 0. The number of alkyl halides is 3. The van der Waals surface area contributed by atoms with E-state index in [1.807, 2.05) is 36.5 Å². The van der Waals surface area contributed by atoms with Crippen molar-refractivity contribution in [3.05, 3.63) is 98.5 Å². The number of benzene rings is 3. The fraction of sp³-hybridized carbons (Fsp3) is 0.115. The van der Waals surface area contributed by atoms with E-state index >= 15 is 0 Å². The second kappa shape index (κ2) is 10.3. The maximum absolute atomic E-state index is 13.2. The van der Waals surface area contributed by atoms with Crippen molar-refractivity contribution in [3.8, 4) is 5.75 Å². The van der Waals surface area contributed by atoms with E-state index in [0.29, 0.717) is 17.0 Å². The minimum Gasteiger partial charge on any atom is -0.488 e. The summed E-state index contributed by atoms with van der Waals surface area (Å²) < 4.78 is 45.6. The van der Waals surface area contributed by atoms with Gasteiger partial charge in [0, 0.05) is 10.6 Å². The Kier molecular flexibility index (Phi) is 7.29. The lowest BCUT2D eigenvalue weighted by Gasteiger charge is -2.27. The molecule has 1 aliphatic rings. The third kappa shape index (κ3) is 5.79. The maximum atomic E-state index is 13.2. The Bertz CT molecular complexity index is 1450. The van der Waals surface area contributed by atoms with Crippen LogP contribution in [0.2, 0.25) is 10.0 Å². The van der Waals surface area contributed by atoms with Crippen molar-refractivity contribution in [2.75, 3.05) is 4.90 Å². The number of carbonyl (C=O) groups is 3. The first-order valence-corrected chi connectivity index (χ1v) is 11.5. The number of ether oxygens (including phenoxy) is 1. The molecule has 0 unspecified atom stereocenters. The molecule has 4 rings (SSSR count). The molecule has 0 aliphatic carbocycles. The van der Waals surface area contributed by atoms with E-state index in [2.05, 4.69) is 0 Å². The lowest BCUT2D eigenvalue weighted by Crippen LogP contribution is -2.54. The zero-order chi connectivity index (χ0) is 26.9. The lowest BCUT2D eigenvalue weighted by atomic mass is 10.1. The van der Waals surface area contributed by atoms with Crippen LogP contribution in [0.3, 0.4) is 0 Å². The van der Waals surface area contributed by atoms with Gasteiger partial charge in [-0.1, -0.05) is 53.0 Å². The second-order valence-corrected chi connectivity index (χ2v) is 8.93. The molecule has 0 spiro atoms. The predicted molar refractivity (Wildman–Crippen MR) is 132 cm³/mol. The Morgan fingerprint density at radius 1 is 1.00 bits per heavy atom. The van der Waals surface area contributed by atoms with Crippen LogP contribution in [0.5, 0.6) is 5.75 Å². The van der Waals surface area contributed by atoms with Crippen molar-refractivity contribution in [3.63, 3.8) is 0 Å². The number of aryl methyl sites for hydroxylation is 1. The van der Waals surface area contributed by atoms with E-state index in [0.717, 1.165) is 23.3 Å². The SMILES string of the molecule is Cc1cccc(COc2ccc(Cl)cc2/C=C2/C(=O)NC(=O)N(c3cc(C(F)(F)F)ccc3Cl)C2=O)c1. The van der Waals surface area contributed by atoms with Gasteiger partial charge in [-0.15, -0.1) is 0 Å². The third-order valence-corrected chi connectivity index (χ3v) is 5.92. The van der Waals surface area contributed by atoms with Crippen LogP contribution in [-0.2, 0) is 22.4 Å². The first kappa shape index (κ1) is 26.2. The fourth-order valence-electron chi connectivity index (χ4n) is 3.62. The summed E-state index contributed by atoms with van der Waals surface area (Å²) in [6, 6.07) is 13.1. The van der Waals surface area contributed by atoms with Gasteiger partial charge in [0.1, 0.15) is 17.9 Å². The molecule has 0 radical (unpaired) electrons. The third-order valence-electron chi connectivity index (χ3n) is 5.36. The molecule has 1 heterocycles. The Balaban J connectivity index is 1.72. The smallest absolute Gasteiger partial charge is 0.416 e. The van der Waals surface area contributed by atoms with E-state index < -0.39 is 40.8 Å². The predicted octanol–water partition coefficient (Wildman–Crippen LogP) is 6.57. The van der Waals surface area contributed by atoms with Crippen LogP contribution in [-0.4, -0.2) is 17.8 Å². The number of hydrogen-bond donors (Lipinski definition) is 1. The number of nitrogens with one attached hydrogen (secondary N) is 1. The lowest BCUT2D eigenvalue weighted by molar-refractivity contribution is -0.137. The molecule has 6 nitrogen and oxygen atoms in total. The van der Waals surface area contributed by atoms with Gasteiger partial charge >= 0.3 is 12.2 Å². The van der Waals surface area contributed by atoms with Crippen LogP contribution >= 0.6 is 23.2 Å². The molecule has 1 aliphatic heterocycles. The Morgan fingerprint density at radius 3 is 2.46 bits per heavy atom. The van der Waals surface area contributed by atoms with Gasteiger partial charge in [0.05, 0.1) is 16.3 Å². The summed E-state index contributed by atoms with van der Waals surface area (Å²) in [5.41, 5.74) is -0.0483. The Morgan fingerprint density at radius 2 is 1.76 bits per heavy atom. The molecule has 0 bridgehead atoms. The standard InChI is InChI=1S/C26H17Cl2F3N2O4/c1-14-3-2-4-15(9-14)13-37-22-8-6-18(27)10-16(22)11-19-23(34)32-25(36)33(24(19)35)21-12-17(26(29,30)31)5-7-20(21)28/h2-12H,13H2,1H3,(H,32,34,36)/b19-11-. The van der Waals surface area contributed by atoms with Gasteiger partial charge < -0.3 is 4.74 Å². The maximum Gasteiger partial charge on any atom is 0.416 e. The number of imide groups is 2. The van der Waals surface area contributed by atoms with Crippen LogP contribution in [0, 0.1) is 6.92 Å². The van der Waals surface area contributed by atoms with Crippen LogP contribution in [0.1, 0.15) is 22.3 Å². The molecule has 190 valence electrons. The molecule has 0 atom stereocenters. The molecule has 0 aromatic heterocycles. The van der Waals surface area contributed by atoms with Crippen molar-refractivity contribution in [2.45, 2.75) is 19.7 Å². The van der Waals surface area contributed by atoms with E-state index in [4.69, 9.17) is 27.9 Å². The highest BCUT2D eigenvalue weighted by Crippen LogP contribution is 2.37. The molecule has 1 N–H and O–H groups in total. The van der Waals surface area contributed by atoms with E-state index in [9.17, 15) is 27.6 Å². The van der Waals surface area contributed by atoms with Gasteiger partial charge in [-0.05, 0) is 55.0 Å². The Hall–Kier alpha value is -3.82. The topological polar surface area (TPSA) is 75.7 Å². The van der Waals surface area contributed by atoms with Crippen LogP contribution in [0.15, 0.2) is 66.2 Å². The zero-order valence-corrected chi connectivity index (χ0v) is 20.5. The van der Waals surface area contributed by atoms with Gasteiger partial charge in [0.2, 0.25) is 0 Å². The minimum absolute atomic E-state index is 0.171. The van der Waals surface area contributed by atoms with Crippen LogP contribution in [0.4, 0.5) is 23.7 Å². The van der Waals surface area contributed by atoms with Gasteiger partial charge in [-0.25, -0.2) is 9.69 Å². The number of hydrogen-bond acceptors (Lipinski definition) is 4. The van der Waals surface area contributed by atoms with Crippen molar-refractivity contribution in [1.29, 1.82) is 0 Å². The minimum atomic E-state index is -4.76. The molecule has 0 saturated carbocycles. The Labute approximate surface area is 219 Å². The van der Waals surface area contributed by atoms with Gasteiger partial charge in [0.15, 0.2) is 0 Å². The molecule has 4 amide bonds. The largest absolute Gasteiger partial charge is 0.488 e. The molecular weight excluding hydrogens is 532 g/mol. The summed E-state index contributed by atoms with van der Waals surface area (Å²) in [6.45, 7) is 2.10. The van der Waals surface area contributed by atoms with Crippen molar-refractivity contribution < 1.29 is 32.3 Å². The van der Waals surface area contributed by atoms with Gasteiger partial charge in [-0.3, -0.25) is 14.9 Å².